The van der Waals surface area contributed by atoms with Gasteiger partial charge in [0, 0.05) is 5.41 Å². The van der Waals surface area contributed by atoms with Gasteiger partial charge in [-0.3, -0.25) is 0 Å². The highest BCUT2D eigenvalue weighted by molar-refractivity contribution is 5.22. The third-order valence-corrected chi connectivity index (χ3v) is 3.43. The molecule has 6 nitrogen and oxygen atoms in total. The third kappa shape index (κ3) is 1.54. The molecule has 0 unspecified atom stereocenters. The van der Waals surface area contributed by atoms with Crippen LogP contribution < -0.4 is 16.9 Å². The van der Waals surface area contributed by atoms with Crippen LogP contribution in [0.5, 0.6) is 0 Å². The Labute approximate surface area is 89.0 Å². The van der Waals surface area contributed by atoms with Crippen LogP contribution in [-0.4, -0.2) is 28.0 Å². The fourth-order valence-corrected chi connectivity index (χ4v) is 2.31. The van der Waals surface area contributed by atoms with Gasteiger partial charge in [-0.05, 0) is 32.4 Å². The maximum atomic E-state index is 5.84. The quantitative estimate of drug-likeness (QED) is 0.578. The van der Waals surface area contributed by atoms with Crippen LogP contribution in [0.15, 0.2) is 0 Å². The van der Waals surface area contributed by atoms with Gasteiger partial charge >= 0.3 is 0 Å². The Kier molecular flexibility index (Phi) is 2.52. The molecule has 0 bridgehead atoms. The number of aromatic nitrogens is 3. The fraction of sp³-hybridized carbons (Fsp3) is 0.778. The lowest BCUT2D eigenvalue weighted by molar-refractivity contribution is 0.277. The van der Waals surface area contributed by atoms with Crippen molar-refractivity contribution in [3.05, 3.63) is 5.82 Å². The van der Waals surface area contributed by atoms with E-state index in [1.807, 2.05) is 0 Å². The molecular weight excluding hydrogens is 192 g/mol. The summed E-state index contributed by atoms with van der Waals surface area (Å²) >= 11 is 0. The van der Waals surface area contributed by atoms with Crippen molar-refractivity contribution in [3.8, 4) is 0 Å². The molecule has 1 aromatic rings. The zero-order chi connectivity index (χ0) is 10.9. The summed E-state index contributed by atoms with van der Waals surface area (Å²) in [6.45, 7) is 4.16. The summed E-state index contributed by atoms with van der Waals surface area (Å²) in [5.74, 6) is 6.95. The molecule has 0 atom stereocenters. The van der Waals surface area contributed by atoms with Gasteiger partial charge in [0.1, 0.15) is 0 Å². The minimum absolute atomic E-state index is 0.0463. The van der Waals surface area contributed by atoms with Crippen molar-refractivity contribution in [2.75, 3.05) is 24.7 Å². The second kappa shape index (κ2) is 3.69. The summed E-state index contributed by atoms with van der Waals surface area (Å²) in [6.07, 6.45) is 3.10. The number of nitrogens with zero attached hydrogens (tertiary/aromatic N) is 3. The third-order valence-electron chi connectivity index (χ3n) is 3.43. The van der Waals surface area contributed by atoms with E-state index in [4.69, 9.17) is 11.6 Å². The summed E-state index contributed by atoms with van der Waals surface area (Å²) in [5.41, 5.74) is 5.66. The molecule has 0 spiro atoms. The van der Waals surface area contributed by atoms with Crippen molar-refractivity contribution in [2.24, 2.45) is 0 Å². The summed E-state index contributed by atoms with van der Waals surface area (Å²) < 4.78 is 1.43. The summed E-state index contributed by atoms with van der Waals surface area (Å²) in [6, 6.07) is 0. The Morgan fingerprint density at radius 2 is 2.07 bits per heavy atom. The molecule has 1 aliphatic heterocycles. The van der Waals surface area contributed by atoms with Crippen molar-refractivity contribution in [1.82, 2.24) is 20.2 Å². The van der Waals surface area contributed by atoms with Gasteiger partial charge in [-0.1, -0.05) is 6.92 Å². The second-order valence-corrected chi connectivity index (χ2v) is 4.14. The predicted octanol–water partition coefficient (Wildman–Crippen LogP) is -0.395. The molecule has 0 saturated carbocycles. The monoisotopic (exact) mass is 210 g/mol. The standard InChI is InChI=1S/C9H18N6/c1-2-9(3-5-12-6-4-9)7-13-14-8(10)15(7)11/h12H,2-6,11H2,1H3,(H2,10,14). The highest BCUT2D eigenvalue weighted by Gasteiger charge is 2.37. The minimum atomic E-state index is 0.0463. The first-order valence-corrected chi connectivity index (χ1v) is 5.37. The van der Waals surface area contributed by atoms with E-state index < -0.39 is 0 Å². The molecule has 2 rings (SSSR count). The lowest BCUT2D eigenvalue weighted by atomic mass is 9.76. The molecule has 1 fully saturated rings. The molecule has 15 heavy (non-hydrogen) atoms. The number of nitrogens with two attached hydrogens (primary N) is 2. The number of hydrogen-bond acceptors (Lipinski definition) is 5. The van der Waals surface area contributed by atoms with E-state index in [1.54, 1.807) is 0 Å². The Bertz CT molecular complexity index is 338. The number of anilines is 1. The normalized spacial score (nSPS) is 20.3. The average molecular weight is 210 g/mol. The van der Waals surface area contributed by atoms with Gasteiger partial charge in [-0.15, -0.1) is 10.2 Å². The SMILES string of the molecule is CCC1(c2nnc(N)n2N)CCNCC1. The van der Waals surface area contributed by atoms with E-state index >= 15 is 0 Å². The van der Waals surface area contributed by atoms with Crippen molar-refractivity contribution < 1.29 is 0 Å². The van der Waals surface area contributed by atoms with Gasteiger partial charge in [-0.25, -0.2) is 4.68 Å². The molecule has 1 aromatic heterocycles. The largest absolute Gasteiger partial charge is 0.366 e. The number of nitrogen functional groups attached to an aromatic ring is 2. The molecular formula is C9H18N6. The van der Waals surface area contributed by atoms with E-state index in [0.29, 0.717) is 0 Å². The molecule has 5 N–H and O–H groups in total. The van der Waals surface area contributed by atoms with Gasteiger partial charge < -0.3 is 16.9 Å². The smallest absolute Gasteiger partial charge is 0.240 e. The molecule has 1 aliphatic rings. The van der Waals surface area contributed by atoms with Crippen molar-refractivity contribution in [2.45, 2.75) is 31.6 Å². The molecule has 6 heteroatoms. The highest BCUT2D eigenvalue weighted by Crippen LogP contribution is 2.35. The topological polar surface area (TPSA) is 94.8 Å². The van der Waals surface area contributed by atoms with Gasteiger partial charge in [0.25, 0.3) is 0 Å². The molecule has 1 saturated heterocycles. The first kappa shape index (κ1) is 10.2. The van der Waals surface area contributed by atoms with Gasteiger partial charge in [0.15, 0.2) is 5.82 Å². The lowest BCUT2D eigenvalue weighted by Gasteiger charge is -2.35. The second-order valence-electron chi connectivity index (χ2n) is 4.14. The number of nitrogens with one attached hydrogen (secondary N) is 1. The van der Waals surface area contributed by atoms with Crippen LogP contribution in [0.2, 0.25) is 0 Å². The van der Waals surface area contributed by atoms with Crippen LogP contribution in [0.1, 0.15) is 32.0 Å². The molecule has 0 amide bonds. The first-order chi connectivity index (χ1) is 7.19. The zero-order valence-electron chi connectivity index (χ0n) is 9.03. The molecule has 0 radical (unpaired) electrons. The Morgan fingerprint density at radius 1 is 1.40 bits per heavy atom. The first-order valence-electron chi connectivity index (χ1n) is 5.37. The Balaban J connectivity index is 2.36. The van der Waals surface area contributed by atoms with E-state index in [-0.39, 0.29) is 11.4 Å². The van der Waals surface area contributed by atoms with Gasteiger partial charge in [-0.2, -0.15) is 0 Å². The van der Waals surface area contributed by atoms with E-state index in [0.717, 1.165) is 38.2 Å². The van der Waals surface area contributed by atoms with Crippen LogP contribution in [0, 0.1) is 0 Å². The Hall–Kier alpha value is -1.30. The molecule has 84 valence electrons. The fourth-order valence-electron chi connectivity index (χ4n) is 2.31. The minimum Gasteiger partial charge on any atom is -0.366 e. The Morgan fingerprint density at radius 3 is 2.53 bits per heavy atom. The van der Waals surface area contributed by atoms with E-state index in [1.165, 1.54) is 4.68 Å². The molecule has 0 aliphatic carbocycles. The highest BCUT2D eigenvalue weighted by atomic mass is 15.4. The maximum absolute atomic E-state index is 5.84. The van der Waals surface area contributed by atoms with Crippen molar-refractivity contribution >= 4 is 5.95 Å². The predicted molar refractivity (Wildman–Crippen MR) is 58.7 cm³/mol. The molecule has 2 heterocycles. The molecule has 0 aromatic carbocycles. The van der Waals surface area contributed by atoms with Crippen molar-refractivity contribution in [3.63, 3.8) is 0 Å². The zero-order valence-corrected chi connectivity index (χ0v) is 9.03. The number of rotatable bonds is 2. The van der Waals surface area contributed by atoms with E-state index in [2.05, 4.69) is 22.4 Å². The van der Waals surface area contributed by atoms with E-state index in [9.17, 15) is 0 Å². The van der Waals surface area contributed by atoms with Gasteiger partial charge in [0.2, 0.25) is 5.95 Å². The lowest BCUT2D eigenvalue weighted by Crippen LogP contribution is -2.42. The summed E-state index contributed by atoms with van der Waals surface area (Å²) in [4.78, 5) is 0. The number of piperidine rings is 1. The van der Waals surface area contributed by atoms with Crippen LogP contribution in [0.3, 0.4) is 0 Å². The summed E-state index contributed by atoms with van der Waals surface area (Å²) in [5, 5.41) is 11.3. The van der Waals surface area contributed by atoms with Crippen LogP contribution in [0.4, 0.5) is 5.95 Å². The van der Waals surface area contributed by atoms with Crippen LogP contribution in [-0.2, 0) is 5.41 Å². The van der Waals surface area contributed by atoms with Gasteiger partial charge in [0.05, 0.1) is 0 Å². The average Bonchev–Trinajstić information content (AvgIpc) is 2.61. The summed E-state index contributed by atoms with van der Waals surface area (Å²) in [7, 11) is 0. The maximum Gasteiger partial charge on any atom is 0.240 e. The van der Waals surface area contributed by atoms with Crippen LogP contribution in [0.25, 0.3) is 0 Å². The van der Waals surface area contributed by atoms with Crippen LogP contribution >= 0.6 is 0 Å². The van der Waals surface area contributed by atoms with Crippen molar-refractivity contribution in [1.29, 1.82) is 0 Å². The number of hydrogen-bond donors (Lipinski definition) is 3.